The number of pyridine rings is 1. The number of phenolic OH excluding ortho intramolecular Hbond substituents is 1. The first-order valence-electron chi connectivity index (χ1n) is 10.9. The van der Waals surface area contributed by atoms with Crippen molar-refractivity contribution in [3.8, 4) is 28.1 Å². The number of nitrogens with one attached hydrogen (secondary N) is 1. The highest BCUT2D eigenvalue weighted by molar-refractivity contribution is 5.85. The molecule has 0 spiro atoms. The van der Waals surface area contributed by atoms with E-state index in [1.54, 1.807) is 18.5 Å². The zero-order valence-corrected chi connectivity index (χ0v) is 20.1. The predicted octanol–water partition coefficient (Wildman–Crippen LogP) is 5.16. The molecule has 1 saturated heterocycles. The smallest absolute Gasteiger partial charge is 0.180 e. The van der Waals surface area contributed by atoms with E-state index in [0.29, 0.717) is 11.3 Å². The van der Waals surface area contributed by atoms with E-state index in [2.05, 4.69) is 53.3 Å². The molecule has 0 atom stereocenters. The summed E-state index contributed by atoms with van der Waals surface area (Å²) in [6.45, 7) is 8.92. The van der Waals surface area contributed by atoms with Crippen molar-refractivity contribution in [3.63, 3.8) is 0 Å². The van der Waals surface area contributed by atoms with Crippen molar-refractivity contribution in [2.24, 2.45) is 0 Å². The molecule has 172 valence electrons. The van der Waals surface area contributed by atoms with E-state index >= 15 is 0 Å². The van der Waals surface area contributed by atoms with Gasteiger partial charge in [-0.15, -0.1) is 22.6 Å². The molecule has 0 amide bonds. The van der Waals surface area contributed by atoms with Gasteiger partial charge in [0.05, 0.1) is 17.9 Å². The minimum Gasteiger partial charge on any atom is -0.507 e. The van der Waals surface area contributed by atoms with Crippen LogP contribution in [0.3, 0.4) is 0 Å². The molecule has 5 rings (SSSR count). The molecule has 7 nitrogen and oxygen atoms in total. The lowest BCUT2D eigenvalue weighted by molar-refractivity contribution is 0.128. The average Bonchev–Trinajstić information content (AvgIpc) is 3.15. The number of benzene rings is 1. The maximum absolute atomic E-state index is 10.7. The Hall–Kier alpha value is -3.03. The van der Waals surface area contributed by atoms with Crippen LogP contribution in [-0.2, 0) is 0 Å². The van der Waals surface area contributed by atoms with E-state index in [9.17, 15) is 5.11 Å². The predicted molar refractivity (Wildman–Crippen MR) is 132 cm³/mol. The SMILES string of the molecule is CC1(C)CC(n2ncc3cc(-c4ccc(-c5ccncc5)cc4O)nnc32)CC(C)(C)N1.Cl. The zero-order valence-electron chi connectivity index (χ0n) is 19.3. The summed E-state index contributed by atoms with van der Waals surface area (Å²) in [6.07, 6.45) is 7.25. The fourth-order valence-corrected chi connectivity index (χ4v) is 5.16. The van der Waals surface area contributed by atoms with Crippen molar-refractivity contribution in [3.05, 3.63) is 55.0 Å². The number of fused-ring (bicyclic) bond motifs is 1. The summed E-state index contributed by atoms with van der Waals surface area (Å²) in [5.74, 6) is 0.169. The molecule has 1 aromatic carbocycles. The second-order valence-electron chi connectivity index (χ2n) is 10.0. The first-order chi connectivity index (χ1) is 15.2. The van der Waals surface area contributed by atoms with Gasteiger partial charge < -0.3 is 10.4 Å². The van der Waals surface area contributed by atoms with Gasteiger partial charge in [-0.25, -0.2) is 4.68 Å². The van der Waals surface area contributed by atoms with Crippen molar-refractivity contribution < 1.29 is 5.11 Å². The fourth-order valence-electron chi connectivity index (χ4n) is 5.16. The molecule has 3 aromatic heterocycles. The molecular formula is C25H29ClN6O. The Morgan fingerprint density at radius 1 is 0.939 bits per heavy atom. The summed E-state index contributed by atoms with van der Waals surface area (Å²) in [7, 11) is 0. The second-order valence-corrected chi connectivity index (χ2v) is 10.0. The molecule has 4 aromatic rings. The Labute approximate surface area is 199 Å². The summed E-state index contributed by atoms with van der Waals surface area (Å²) in [5, 5.41) is 29.0. The topological polar surface area (TPSA) is 88.8 Å². The van der Waals surface area contributed by atoms with Gasteiger partial charge in [-0.2, -0.15) is 5.10 Å². The van der Waals surface area contributed by atoms with Gasteiger partial charge in [0.15, 0.2) is 5.65 Å². The number of phenols is 1. The van der Waals surface area contributed by atoms with Crippen molar-refractivity contribution in [1.82, 2.24) is 30.3 Å². The first-order valence-corrected chi connectivity index (χ1v) is 10.9. The van der Waals surface area contributed by atoms with Crippen LogP contribution in [0.15, 0.2) is 55.0 Å². The maximum atomic E-state index is 10.7. The van der Waals surface area contributed by atoms with E-state index in [1.165, 1.54) is 0 Å². The number of aromatic nitrogens is 5. The van der Waals surface area contributed by atoms with Crippen molar-refractivity contribution in [1.29, 1.82) is 0 Å². The number of piperidine rings is 1. The van der Waals surface area contributed by atoms with E-state index in [0.717, 1.165) is 35.0 Å². The van der Waals surface area contributed by atoms with E-state index < -0.39 is 0 Å². The summed E-state index contributed by atoms with van der Waals surface area (Å²) in [4.78, 5) is 4.05. The van der Waals surface area contributed by atoms with Crippen LogP contribution >= 0.6 is 12.4 Å². The lowest BCUT2D eigenvalue weighted by atomic mass is 9.79. The van der Waals surface area contributed by atoms with Crippen LogP contribution in [0.4, 0.5) is 0 Å². The molecule has 33 heavy (non-hydrogen) atoms. The number of halogens is 1. The molecule has 0 radical (unpaired) electrons. The Kier molecular flexibility index (Phi) is 5.88. The third-order valence-electron chi connectivity index (χ3n) is 6.14. The Morgan fingerprint density at radius 3 is 2.30 bits per heavy atom. The molecule has 0 unspecified atom stereocenters. The van der Waals surface area contributed by atoms with Gasteiger partial charge in [-0.3, -0.25) is 4.98 Å². The maximum Gasteiger partial charge on any atom is 0.180 e. The molecular weight excluding hydrogens is 436 g/mol. The highest BCUT2D eigenvalue weighted by Crippen LogP contribution is 2.37. The lowest BCUT2D eigenvalue weighted by Gasteiger charge is -2.46. The largest absolute Gasteiger partial charge is 0.507 e. The highest BCUT2D eigenvalue weighted by atomic mass is 35.5. The van der Waals surface area contributed by atoms with Gasteiger partial charge in [0.1, 0.15) is 5.75 Å². The number of nitrogens with zero attached hydrogens (tertiary/aromatic N) is 5. The Morgan fingerprint density at radius 2 is 1.64 bits per heavy atom. The van der Waals surface area contributed by atoms with Crippen LogP contribution in [0.25, 0.3) is 33.4 Å². The van der Waals surface area contributed by atoms with Crippen LogP contribution in [0.1, 0.15) is 46.6 Å². The molecule has 4 heterocycles. The number of hydrogen-bond donors (Lipinski definition) is 2. The first kappa shape index (κ1) is 23.1. The number of hydrogen-bond acceptors (Lipinski definition) is 6. The quantitative estimate of drug-likeness (QED) is 0.435. The molecule has 0 saturated carbocycles. The van der Waals surface area contributed by atoms with Crippen LogP contribution in [-0.4, -0.2) is 41.1 Å². The summed E-state index contributed by atoms with van der Waals surface area (Å²) < 4.78 is 2.02. The minimum atomic E-state index is 0. The summed E-state index contributed by atoms with van der Waals surface area (Å²) in [6, 6.07) is 11.6. The normalized spacial score (nSPS) is 17.6. The van der Waals surface area contributed by atoms with E-state index in [4.69, 9.17) is 0 Å². The van der Waals surface area contributed by atoms with Crippen LogP contribution in [0, 0.1) is 0 Å². The average molecular weight is 465 g/mol. The van der Waals surface area contributed by atoms with Gasteiger partial charge >= 0.3 is 0 Å². The van der Waals surface area contributed by atoms with Gasteiger partial charge in [0.2, 0.25) is 0 Å². The van der Waals surface area contributed by atoms with Crippen molar-refractivity contribution >= 4 is 23.4 Å². The van der Waals surface area contributed by atoms with E-state index in [1.807, 2.05) is 41.2 Å². The third kappa shape index (κ3) is 4.56. The molecule has 0 bridgehead atoms. The number of aromatic hydroxyl groups is 1. The molecule has 0 aliphatic carbocycles. The van der Waals surface area contributed by atoms with Crippen LogP contribution < -0.4 is 5.32 Å². The van der Waals surface area contributed by atoms with Crippen molar-refractivity contribution in [2.45, 2.75) is 57.7 Å². The standard InChI is InChI=1S/C25H28N6O.ClH/c1-24(2)13-19(14-25(3,4)30-24)31-23-18(15-27-31)11-21(28-29-23)20-6-5-17(12-22(20)32)16-7-9-26-10-8-16;/h5-12,15,19,30,32H,13-14H2,1-4H3;1H. The van der Waals surface area contributed by atoms with Gasteiger partial charge in [-0.05, 0) is 82.0 Å². The molecule has 1 fully saturated rings. The Balaban J connectivity index is 0.00000259. The summed E-state index contributed by atoms with van der Waals surface area (Å²) >= 11 is 0. The second kappa shape index (κ2) is 8.39. The Bertz CT molecular complexity index is 1270. The van der Waals surface area contributed by atoms with Crippen LogP contribution in [0.5, 0.6) is 5.75 Å². The summed E-state index contributed by atoms with van der Waals surface area (Å²) in [5.41, 5.74) is 4.00. The van der Waals surface area contributed by atoms with E-state index in [-0.39, 0.29) is 35.3 Å². The van der Waals surface area contributed by atoms with Crippen molar-refractivity contribution in [2.75, 3.05) is 0 Å². The molecule has 1 aliphatic heterocycles. The fraction of sp³-hybridized carbons (Fsp3) is 0.360. The number of rotatable bonds is 3. The molecule has 1 aliphatic rings. The monoisotopic (exact) mass is 464 g/mol. The lowest BCUT2D eigenvalue weighted by Crippen LogP contribution is -2.58. The van der Waals surface area contributed by atoms with Gasteiger partial charge in [0, 0.05) is 34.4 Å². The third-order valence-corrected chi connectivity index (χ3v) is 6.14. The van der Waals surface area contributed by atoms with Gasteiger partial charge in [0.25, 0.3) is 0 Å². The van der Waals surface area contributed by atoms with Crippen LogP contribution in [0.2, 0.25) is 0 Å². The highest BCUT2D eigenvalue weighted by Gasteiger charge is 2.39. The molecule has 8 heteroatoms. The molecule has 2 N–H and O–H groups in total. The zero-order chi connectivity index (χ0) is 22.5. The van der Waals surface area contributed by atoms with Gasteiger partial charge in [-0.1, -0.05) is 6.07 Å². The minimum absolute atomic E-state index is 0.